The maximum Gasteiger partial charge on any atom is 0.152 e. The molecular weight excluding hydrogens is 184 g/mol. The molecule has 15 heavy (non-hydrogen) atoms. The predicted octanol–water partition coefficient (Wildman–Crippen LogP) is 4.66. The summed E-state index contributed by atoms with van der Waals surface area (Å²) in [6.45, 7) is 6.08. The molecule has 0 aliphatic rings. The van der Waals surface area contributed by atoms with Crippen LogP contribution < -0.4 is 0 Å². The summed E-state index contributed by atoms with van der Waals surface area (Å²) in [4.78, 5) is 11.0. The van der Waals surface area contributed by atoms with E-state index in [0.29, 0.717) is 0 Å². The Labute approximate surface area is 95.0 Å². The van der Waals surface area contributed by atoms with Crippen LogP contribution in [0.3, 0.4) is 0 Å². The van der Waals surface area contributed by atoms with E-state index in [9.17, 15) is 4.79 Å². The van der Waals surface area contributed by atoms with Crippen LogP contribution in [-0.2, 0) is 4.79 Å². The van der Waals surface area contributed by atoms with Gasteiger partial charge in [0.1, 0.15) is 0 Å². The number of ketones is 1. The van der Waals surface area contributed by atoms with E-state index < -0.39 is 0 Å². The van der Waals surface area contributed by atoms with Crippen LogP contribution in [-0.4, -0.2) is 5.78 Å². The fraction of sp³-hybridized carbons (Fsp3) is 0.786. The zero-order chi connectivity index (χ0) is 11.5. The van der Waals surface area contributed by atoms with Gasteiger partial charge >= 0.3 is 0 Å². The van der Waals surface area contributed by atoms with Crippen LogP contribution in [0.1, 0.15) is 72.1 Å². The van der Waals surface area contributed by atoms with Crippen molar-refractivity contribution in [2.75, 3.05) is 0 Å². The Morgan fingerprint density at radius 2 is 1.40 bits per heavy atom. The number of hydrogen-bond donors (Lipinski definition) is 0. The van der Waals surface area contributed by atoms with Gasteiger partial charge < -0.3 is 0 Å². The van der Waals surface area contributed by atoms with Gasteiger partial charge in [0.2, 0.25) is 0 Å². The molecule has 0 aliphatic heterocycles. The minimum Gasteiger partial charge on any atom is -0.295 e. The van der Waals surface area contributed by atoms with Crippen LogP contribution in [0.15, 0.2) is 11.6 Å². The molecule has 0 aromatic carbocycles. The lowest BCUT2D eigenvalue weighted by Crippen LogP contribution is -1.91. The van der Waals surface area contributed by atoms with Gasteiger partial charge in [-0.3, -0.25) is 4.79 Å². The highest BCUT2D eigenvalue weighted by Crippen LogP contribution is 2.16. The quantitative estimate of drug-likeness (QED) is 0.399. The number of carbonyl (C=O) groups excluding carboxylic acids is 1. The van der Waals surface area contributed by atoms with Gasteiger partial charge in [-0.2, -0.15) is 0 Å². The first kappa shape index (κ1) is 14.4. The summed E-state index contributed by atoms with van der Waals surface area (Å²) in [7, 11) is 0. The zero-order valence-corrected chi connectivity index (χ0v) is 10.6. The summed E-state index contributed by atoms with van der Waals surface area (Å²) in [5.74, 6) is 0.206. The molecule has 0 amide bonds. The standard InChI is InChI=1S/C14H26O/c1-4-6-8-10-14(12-13(3)15)11-9-7-5-2/h12H,4-11H2,1-3H3. The van der Waals surface area contributed by atoms with Crippen molar-refractivity contribution in [1.29, 1.82) is 0 Å². The molecule has 0 atom stereocenters. The summed E-state index contributed by atoms with van der Waals surface area (Å²) in [5, 5.41) is 0. The molecule has 0 aromatic heterocycles. The van der Waals surface area contributed by atoms with Crippen molar-refractivity contribution in [3.8, 4) is 0 Å². The van der Waals surface area contributed by atoms with Crippen LogP contribution in [0, 0.1) is 0 Å². The van der Waals surface area contributed by atoms with Crippen molar-refractivity contribution in [3.05, 3.63) is 11.6 Å². The third-order valence-corrected chi connectivity index (χ3v) is 2.61. The molecular formula is C14H26O. The third kappa shape index (κ3) is 9.71. The molecule has 0 spiro atoms. The van der Waals surface area contributed by atoms with Gasteiger partial charge in [0, 0.05) is 0 Å². The monoisotopic (exact) mass is 210 g/mol. The second kappa shape index (κ2) is 9.95. The molecule has 0 saturated carbocycles. The Morgan fingerprint density at radius 1 is 0.933 bits per heavy atom. The van der Waals surface area contributed by atoms with E-state index in [0.717, 1.165) is 12.8 Å². The molecule has 0 saturated heterocycles. The molecule has 0 heterocycles. The highest BCUT2D eigenvalue weighted by atomic mass is 16.1. The summed E-state index contributed by atoms with van der Waals surface area (Å²) in [6.07, 6.45) is 11.6. The lowest BCUT2D eigenvalue weighted by Gasteiger charge is -2.06. The van der Waals surface area contributed by atoms with E-state index in [1.165, 1.54) is 44.1 Å². The Bertz CT molecular complexity index is 180. The second-order valence-electron chi connectivity index (χ2n) is 4.33. The van der Waals surface area contributed by atoms with Crippen molar-refractivity contribution >= 4 is 5.78 Å². The first-order chi connectivity index (χ1) is 7.20. The molecule has 1 heteroatoms. The smallest absolute Gasteiger partial charge is 0.152 e. The maximum absolute atomic E-state index is 11.0. The lowest BCUT2D eigenvalue weighted by molar-refractivity contribution is -0.112. The van der Waals surface area contributed by atoms with Crippen molar-refractivity contribution in [3.63, 3.8) is 0 Å². The Balaban J connectivity index is 3.90. The fourth-order valence-electron chi connectivity index (χ4n) is 1.76. The average Bonchev–Trinajstić information content (AvgIpc) is 2.17. The Hall–Kier alpha value is -0.590. The van der Waals surface area contributed by atoms with Crippen molar-refractivity contribution in [1.82, 2.24) is 0 Å². The minimum absolute atomic E-state index is 0.206. The summed E-state index contributed by atoms with van der Waals surface area (Å²) in [6, 6.07) is 0. The minimum atomic E-state index is 0.206. The number of hydrogen-bond acceptors (Lipinski definition) is 1. The van der Waals surface area contributed by atoms with Gasteiger partial charge in [-0.15, -0.1) is 0 Å². The molecule has 0 aliphatic carbocycles. The third-order valence-electron chi connectivity index (χ3n) is 2.61. The number of rotatable bonds is 9. The summed E-state index contributed by atoms with van der Waals surface area (Å²) < 4.78 is 0. The van der Waals surface area contributed by atoms with Crippen molar-refractivity contribution < 1.29 is 4.79 Å². The van der Waals surface area contributed by atoms with Gasteiger partial charge in [0.25, 0.3) is 0 Å². The van der Waals surface area contributed by atoms with Gasteiger partial charge in [-0.1, -0.05) is 45.1 Å². The fourth-order valence-corrected chi connectivity index (χ4v) is 1.76. The predicted molar refractivity (Wildman–Crippen MR) is 67.0 cm³/mol. The topological polar surface area (TPSA) is 17.1 Å². The zero-order valence-electron chi connectivity index (χ0n) is 10.6. The van der Waals surface area contributed by atoms with Crippen LogP contribution in [0.2, 0.25) is 0 Å². The van der Waals surface area contributed by atoms with Gasteiger partial charge in [-0.05, 0) is 38.7 Å². The molecule has 0 rings (SSSR count). The summed E-state index contributed by atoms with van der Waals surface area (Å²) >= 11 is 0. The second-order valence-corrected chi connectivity index (χ2v) is 4.33. The number of allylic oxidation sites excluding steroid dienone is 2. The lowest BCUT2D eigenvalue weighted by atomic mass is 10.0. The molecule has 0 N–H and O–H groups in total. The van der Waals surface area contributed by atoms with Crippen LogP contribution in [0.25, 0.3) is 0 Å². The molecule has 0 aromatic rings. The molecule has 0 bridgehead atoms. The first-order valence-electron chi connectivity index (χ1n) is 6.40. The van der Waals surface area contributed by atoms with Crippen molar-refractivity contribution in [2.24, 2.45) is 0 Å². The van der Waals surface area contributed by atoms with E-state index >= 15 is 0 Å². The van der Waals surface area contributed by atoms with Crippen LogP contribution in [0.4, 0.5) is 0 Å². The molecule has 0 radical (unpaired) electrons. The van der Waals surface area contributed by atoms with Crippen molar-refractivity contribution in [2.45, 2.75) is 72.1 Å². The molecule has 88 valence electrons. The molecule has 1 nitrogen and oxygen atoms in total. The normalized spacial score (nSPS) is 10.1. The van der Waals surface area contributed by atoms with Gasteiger partial charge in [0.05, 0.1) is 0 Å². The number of carbonyl (C=O) groups is 1. The highest BCUT2D eigenvalue weighted by molar-refractivity contribution is 5.87. The van der Waals surface area contributed by atoms with E-state index in [1.54, 1.807) is 6.92 Å². The largest absolute Gasteiger partial charge is 0.295 e. The van der Waals surface area contributed by atoms with Gasteiger partial charge in [0.15, 0.2) is 5.78 Å². The Morgan fingerprint density at radius 3 is 1.73 bits per heavy atom. The maximum atomic E-state index is 11.0. The summed E-state index contributed by atoms with van der Waals surface area (Å²) in [5.41, 5.74) is 1.37. The molecule has 0 unspecified atom stereocenters. The Kier molecular flexibility index (Phi) is 9.55. The van der Waals surface area contributed by atoms with Gasteiger partial charge in [-0.25, -0.2) is 0 Å². The van der Waals surface area contributed by atoms with E-state index in [4.69, 9.17) is 0 Å². The van der Waals surface area contributed by atoms with Crippen LogP contribution >= 0.6 is 0 Å². The van der Waals surface area contributed by atoms with E-state index in [-0.39, 0.29) is 5.78 Å². The SMILES string of the molecule is CCCCCC(=CC(C)=O)CCCCC. The van der Waals surface area contributed by atoms with E-state index in [1.807, 2.05) is 6.08 Å². The van der Waals surface area contributed by atoms with Crippen LogP contribution in [0.5, 0.6) is 0 Å². The van der Waals surface area contributed by atoms with E-state index in [2.05, 4.69) is 13.8 Å². The highest BCUT2D eigenvalue weighted by Gasteiger charge is 1.99. The average molecular weight is 210 g/mol. The number of unbranched alkanes of at least 4 members (excludes halogenated alkanes) is 4. The first-order valence-corrected chi connectivity index (χ1v) is 6.40. The molecule has 0 fully saturated rings.